The number of dihydropyridines is 1. The highest BCUT2D eigenvalue weighted by molar-refractivity contribution is 6.04. The Morgan fingerprint density at radius 3 is 2.34 bits per heavy atom. The van der Waals surface area contributed by atoms with E-state index in [1.807, 2.05) is 19.1 Å². The monoisotopic (exact) mass is 396 g/mol. The Morgan fingerprint density at radius 1 is 1.17 bits per heavy atom. The van der Waals surface area contributed by atoms with Crippen LogP contribution in [0.5, 0.6) is 0 Å². The standard InChI is InChI=1S/C24H32N2O3/c1-7-26(8-2)17-11-9-16(10-12-17)21-20(23(28)29-6)15(3)25-18-13-24(4,5)14-19(27)22(18)21/h9-12,21,25H,7-8,13-14H2,1-6H3/t21-/m1/s1. The van der Waals surface area contributed by atoms with E-state index in [9.17, 15) is 9.59 Å². The maximum atomic E-state index is 13.2. The van der Waals surface area contributed by atoms with Gasteiger partial charge in [-0.3, -0.25) is 4.79 Å². The summed E-state index contributed by atoms with van der Waals surface area (Å²) in [5, 5.41) is 3.35. The van der Waals surface area contributed by atoms with Gasteiger partial charge in [0.1, 0.15) is 0 Å². The summed E-state index contributed by atoms with van der Waals surface area (Å²) < 4.78 is 5.09. The molecule has 0 amide bonds. The van der Waals surface area contributed by atoms with Gasteiger partial charge in [0.2, 0.25) is 0 Å². The average molecular weight is 397 g/mol. The van der Waals surface area contributed by atoms with Crippen molar-refractivity contribution in [2.24, 2.45) is 5.41 Å². The number of carbonyl (C=O) groups is 2. The maximum absolute atomic E-state index is 13.2. The number of ketones is 1. The lowest BCUT2D eigenvalue weighted by Gasteiger charge is -2.39. The van der Waals surface area contributed by atoms with Crippen LogP contribution < -0.4 is 10.2 Å². The Labute approximate surface area is 173 Å². The molecule has 1 atom stereocenters. The molecule has 0 bridgehead atoms. The molecule has 0 unspecified atom stereocenters. The minimum absolute atomic E-state index is 0.0941. The second-order valence-electron chi connectivity index (χ2n) is 8.69. The highest BCUT2D eigenvalue weighted by atomic mass is 16.5. The molecule has 1 aliphatic carbocycles. The van der Waals surface area contributed by atoms with Gasteiger partial charge in [0, 0.05) is 48.1 Å². The van der Waals surface area contributed by atoms with Crippen LogP contribution in [0.25, 0.3) is 0 Å². The molecule has 5 nitrogen and oxygen atoms in total. The topological polar surface area (TPSA) is 58.6 Å². The molecule has 1 aromatic carbocycles. The van der Waals surface area contributed by atoms with Crippen molar-refractivity contribution in [3.63, 3.8) is 0 Å². The molecule has 0 radical (unpaired) electrons. The molecular formula is C24H32N2O3. The minimum atomic E-state index is -0.395. The molecule has 1 heterocycles. The van der Waals surface area contributed by atoms with Crippen molar-refractivity contribution < 1.29 is 14.3 Å². The number of ether oxygens (including phenoxy) is 1. The van der Waals surface area contributed by atoms with E-state index in [1.54, 1.807) is 0 Å². The van der Waals surface area contributed by atoms with Crippen LogP contribution in [0.3, 0.4) is 0 Å². The fraction of sp³-hybridized carbons (Fsp3) is 0.500. The van der Waals surface area contributed by atoms with E-state index in [2.05, 4.69) is 50.0 Å². The lowest BCUT2D eigenvalue weighted by Crippen LogP contribution is -2.38. The molecule has 2 aliphatic rings. The van der Waals surface area contributed by atoms with Crippen molar-refractivity contribution in [2.45, 2.75) is 53.4 Å². The van der Waals surface area contributed by atoms with Crippen LogP contribution in [0.1, 0.15) is 58.9 Å². The van der Waals surface area contributed by atoms with Crippen molar-refractivity contribution in [1.29, 1.82) is 0 Å². The SMILES string of the molecule is CCN(CC)c1ccc([C@@H]2C(C(=O)OC)=C(C)NC3=C2C(=O)CC(C)(C)C3)cc1. The molecule has 1 N–H and O–H groups in total. The molecule has 0 spiro atoms. The third-order valence-corrected chi connectivity index (χ3v) is 6.00. The summed E-state index contributed by atoms with van der Waals surface area (Å²) in [5.41, 5.74) is 4.93. The van der Waals surface area contributed by atoms with E-state index < -0.39 is 11.9 Å². The first kappa shape index (κ1) is 21.2. The quantitative estimate of drug-likeness (QED) is 0.752. The highest BCUT2D eigenvalue weighted by Crippen LogP contribution is 2.46. The lowest BCUT2D eigenvalue weighted by molar-refractivity contribution is -0.136. The van der Waals surface area contributed by atoms with E-state index in [4.69, 9.17) is 4.74 Å². The molecular weight excluding hydrogens is 364 g/mol. The molecule has 29 heavy (non-hydrogen) atoms. The first-order valence-electron chi connectivity index (χ1n) is 10.4. The van der Waals surface area contributed by atoms with Gasteiger partial charge in [0.25, 0.3) is 0 Å². The summed E-state index contributed by atoms with van der Waals surface area (Å²) in [6.07, 6.45) is 1.27. The van der Waals surface area contributed by atoms with Crippen molar-refractivity contribution in [1.82, 2.24) is 5.32 Å². The van der Waals surface area contributed by atoms with Crippen molar-refractivity contribution in [3.05, 3.63) is 52.4 Å². The normalized spacial score (nSPS) is 20.9. The van der Waals surface area contributed by atoms with Crippen LogP contribution in [0.15, 0.2) is 46.8 Å². The number of allylic oxidation sites excluding steroid dienone is 3. The summed E-state index contributed by atoms with van der Waals surface area (Å²) in [6, 6.07) is 8.23. The second-order valence-corrected chi connectivity index (χ2v) is 8.69. The molecule has 1 aliphatic heterocycles. The van der Waals surface area contributed by atoms with Crippen molar-refractivity contribution in [3.8, 4) is 0 Å². The Kier molecular flexibility index (Phi) is 5.87. The number of nitrogens with zero attached hydrogens (tertiary/aromatic N) is 1. The number of anilines is 1. The van der Waals surface area contributed by atoms with Crippen molar-refractivity contribution >= 4 is 17.4 Å². The molecule has 0 fully saturated rings. The predicted molar refractivity (Wildman–Crippen MR) is 116 cm³/mol. The first-order chi connectivity index (χ1) is 13.7. The van der Waals surface area contributed by atoms with Crippen LogP contribution >= 0.6 is 0 Å². The predicted octanol–water partition coefficient (Wildman–Crippen LogP) is 4.31. The van der Waals surface area contributed by atoms with Gasteiger partial charge in [-0.2, -0.15) is 0 Å². The van der Waals surface area contributed by atoms with Gasteiger partial charge in [-0.15, -0.1) is 0 Å². The van der Waals surface area contributed by atoms with Gasteiger partial charge in [-0.1, -0.05) is 26.0 Å². The van der Waals surface area contributed by atoms with Crippen LogP contribution in [-0.2, 0) is 14.3 Å². The Balaban J connectivity index is 2.12. The summed E-state index contributed by atoms with van der Waals surface area (Å²) in [5.74, 6) is -0.680. The molecule has 0 aromatic heterocycles. The number of carbonyl (C=O) groups excluding carboxylic acids is 2. The molecule has 3 rings (SSSR count). The van der Waals surface area contributed by atoms with E-state index in [0.717, 1.165) is 42.2 Å². The summed E-state index contributed by atoms with van der Waals surface area (Å²) in [4.78, 5) is 28.1. The van der Waals surface area contributed by atoms with Gasteiger partial charge in [-0.25, -0.2) is 4.79 Å². The molecule has 156 valence electrons. The zero-order chi connectivity index (χ0) is 21.3. The number of esters is 1. The van der Waals surface area contributed by atoms with Gasteiger partial charge < -0.3 is 15.0 Å². The number of hydrogen-bond donors (Lipinski definition) is 1. The van der Waals surface area contributed by atoms with E-state index in [-0.39, 0.29) is 11.2 Å². The molecule has 1 aromatic rings. The summed E-state index contributed by atoms with van der Waals surface area (Å²) >= 11 is 0. The number of benzene rings is 1. The van der Waals surface area contributed by atoms with Crippen LogP contribution in [0.4, 0.5) is 5.69 Å². The van der Waals surface area contributed by atoms with Gasteiger partial charge in [0.15, 0.2) is 5.78 Å². The Bertz CT molecular complexity index is 874. The van der Waals surface area contributed by atoms with E-state index >= 15 is 0 Å². The third-order valence-electron chi connectivity index (χ3n) is 6.00. The Morgan fingerprint density at radius 2 is 1.79 bits per heavy atom. The molecule has 5 heteroatoms. The van der Waals surface area contributed by atoms with Crippen LogP contribution in [0.2, 0.25) is 0 Å². The summed E-state index contributed by atoms with van der Waals surface area (Å²) in [7, 11) is 1.39. The largest absolute Gasteiger partial charge is 0.466 e. The number of hydrogen-bond acceptors (Lipinski definition) is 5. The zero-order valence-corrected chi connectivity index (χ0v) is 18.4. The number of nitrogens with one attached hydrogen (secondary N) is 1. The molecule has 0 saturated heterocycles. The summed E-state index contributed by atoms with van der Waals surface area (Å²) in [6.45, 7) is 12.2. The van der Waals surface area contributed by atoms with Gasteiger partial charge in [0.05, 0.1) is 12.7 Å². The number of Topliss-reactive ketones (excluding diaryl/α,β-unsaturated/α-hetero) is 1. The van der Waals surface area contributed by atoms with Gasteiger partial charge in [-0.05, 0) is 50.3 Å². The number of rotatable bonds is 5. The molecule has 0 saturated carbocycles. The smallest absolute Gasteiger partial charge is 0.336 e. The van der Waals surface area contributed by atoms with Crippen LogP contribution in [0, 0.1) is 5.41 Å². The lowest BCUT2D eigenvalue weighted by atomic mass is 9.68. The minimum Gasteiger partial charge on any atom is -0.466 e. The maximum Gasteiger partial charge on any atom is 0.336 e. The van der Waals surface area contributed by atoms with E-state index in [1.165, 1.54) is 7.11 Å². The van der Waals surface area contributed by atoms with Crippen molar-refractivity contribution in [2.75, 3.05) is 25.1 Å². The third kappa shape index (κ3) is 3.96. The fourth-order valence-electron chi connectivity index (χ4n) is 4.62. The Hall–Kier alpha value is -2.56. The van der Waals surface area contributed by atoms with E-state index in [0.29, 0.717) is 17.6 Å². The van der Waals surface area contributed by atoms with Gasteiger partial charge >= 0.3 is 5.97 Å². The fourth-order valence-corrected chi connectivity index (χ4v) is 4.62. The zero-order valence-electron chi connectivity index (χ0n) is 18.4. The average Bonchev–Trinajstić information content (AvgIpc) is 2.67. The second kappa shape index (κ2) is 8.05. The number of methoxy groups -OCH3 is 1. The highest BCUT2D eigenvalue weighted by Gasteiger charge is 2.42. The first-order valence-corrected chi connectivity index (χ1v) is 10.4. The van der Waals surface area contributed by atoms with Crippen LogP contribution in [-0.4, -0.2) is 32.0 Å².